The largest absolute Gasteiger partial charge is 0.463 e. The van der Waals surface area contributed by atoms with E-state index in [1.54, 1.807) is 24.5 Å². The Morgan fingerprint density at radius 3 is 3.00 bits per heavy atom. The zero-order chi connectivity index (χ0) is 18.4. The molecule has 5 rings (SSSR count). The molecule has 3 N–H and O–H groups in total. The Hall–Kier alpha value is -3.55. The minimum Gasteiger partial charge on any atom is -0.463 e. The van der Waals surface area contributed by atoms with Crippen LogP contribution in [0.5, 0.6) is 0 Å². The minimum absolute atomic E-state index is 0.0367. The Morgan fingerprint density at radius 1 is 1.26 bits per heavy atom. The maximum absolute atomic E-state index is 12.6. The fourth-order valence-electron chi connectivity index (χ4n) is 3.76. The maximum Gasteiger partial charge on any atom is 0.272 e. The standard InChI is InChI=1S/C19H17N5O3/c25-18(14-9-13(22-23-14)17-6-3-7-27-17)20-11-8-16-19(26)21-12-4-1-2-5-15(12)24(16)10-11/h1-7,9,11,16H,8,10H2,(H,20,25)(H,21,26)(H,22,23). The highest BCUT2D eigenvalue weighted by atomic mass is 16.3. The van der Waals surface area contributed by atoms with Crippen molar-refractivity contribution in [1.82, 2.24) is 15.5 Å². The normalized spacial score (nSPS) is 20.7. The molecule has 2 amide bonds. The predicted molar refractivity (Wildman–Crippen MR) is 98.4 cm³/mol. The van der Waals surface area contributed by atoms with Gasteiger partial charge in [-0.3, -0.25) is 14.7 Å². The number of aromatic amines is 1. The Morgan fingerprint density at radius 2 is 2.15 bits per heavy atom. The van der Waals surface area contributed by atoms with Gasteiger partial charge in [-0.05, 0) is 30.7 Å². The number of carbonyl (C=O) groups is 2. The van der Waals surface area contributed by atoms with E-state index in [2.05, 4.69) is 25.7 Å². The smallest absolute Gasteiger partial charge is 0.272 e. The zero-order valence-electron chi connectivity index (χ0n) is 14.3. The number of para-hydroxylation sites is 2. The SMILES string of the molecule is O=C(NC1CC2C(=O)Nc3ccccc3N2C1)c1cc(-c2ccco2)[nH]n1. The van der Waals surface area contributed by atoms with Crippen molar-refractivity contribution in [2.45, 2.75) is 18.5 Å². The summed E-state index contributed by atoms with van der Waals surface area (Å²) in [6.07, 6.45) is 2.12. The molecule has 2 aliphatic heterocycles. The molecule has 27 heavy (non-hydrogen) atoms. The van der Waals surface area contributed by atoms with Gasteiger partial charge in [-0.15, -0.1) is 0 Å². The van der Waals surface area contributed by atoms with E-state index in [0.717, 1.165) is 11.4 Å². The van der Waals surface area contributed by atoms with Crippen LogP contribution in [0, 0.1) is 0 Å². The van der Waals surface area contributed by atoms with Crippen LogP contribution < -0.4 is 15.5 Å². The van der Waals surface area contributed by atoms with Crippen LogP contribution in [0.25, 0.3) is 11.5 Å². The molecule has 0 spiro atoms. The number of H-pyrrole nitrogens is 1. The average Bonchev–Trinajstić information content (AvgIpc) is 3.41. The lowest BCUT2D eigenvalue weighted by molar-refractivity contribution is -0.117. The molecule has 0 aliphatic carbocycles. The summed E-state index contributed by atoms with van der Waals surface area (Å²) in [6, 6.07) is 12.5. The number of benzene rings is 1. The fraction of sp³-hybridized carbons (Fsp3) is 0.211. The molecule has 4 heterocycles. The number of hydrogen-bond donors (Lipinski definition) is 3. The molecule has 2 unspecified atom stereocenters. The summed E-state index contributed by atoms with van der Waals surface area (Å²) in [6.45, 7) is 0.580. The molecule has 136 valence electrons. The van der Waals surface area contributed by atoms with E-state index in [4.69, 9.17) is 4.42 Å². The van der Waals surface area contributed by atoms with Gasteiger partial charge in [-0.2, -0.15) is 5.10 Å². The quantitative estimate of drug-likeness (QED) is 0.660. The third-order valence-electron chi connectivity index (χ3n) is 5.01. The van der Waals surface area contributed by atoms with Crippen LogP contribution in [-0.2, 0) is 4.79 Å². The average molecular weight is 363 g/mol. The van der Waals surface area contributed by atoms with Crippen LogP contribution >= 0.6 is 0 Å². The van der Waals surface area contributed by atoms with E-state index < -0.39 is 0 Å². The topological polar surface area (TPSA) is 103 Å². The molecule has 1 fully saturated rings. The van der Waals surface area contributed by atoms with Gasteiger partial charge in [-0.25, -0.2) is 0 Å². The number of furan rings is 1. The highest BCUT2D eigenvalue weighted by molar-refractivity contribution is 6.04. The molecule has 0 radical (unpaired) electrons. The van der Waals surface area contributed by atoms with Gasteiger partial charge in [0.1, 0.15) is 11.7 Å². The molecule has 2 atom stereocenters. The predicted octanol–water partition coefficient (Wildman–Crippen LogP) is 2.00. The van der Waals surface area contributed by atoms with Crippen molar-refractivity contribution in [3.05, 3.63) is 54.4 Å². The lowest BCUT2D eigenvalue weighted by Crippen LogP contribution is -2.44. The molecule has 8 heteroatoms. The van der Waals surface area contributed by atoms with Crippen LogP contribution in [0.3, 0.4) is 0 Å². The summed E-state index contributed by atoms with van der Waals surface area (Å²) in [5.74, 6) is 0.306. The second kappa shape index (κ2) is 6.01. The third kappa shape index (κ3) is 2.66. The van der Waals surface area contributed by atoms with Gasteiger partial charge in [-0.1, -0.05) is 12.1 Å². The summed E-state index contributed by atoms with van der Waals surface area (Å²) in [4.78, 5) is 27.0. The Labute approximate surface area is 154 Å². The minimum atomic E-state index is -0.275. The molecule has 2 aromatic heterocycles. The third-order valence-corrected chi connectivity index (χ3v) is 5.01. The number of aromatic nitrogens is 2. The first kappa shape index (κ1) is 15.7. The Kier molecular flexibility index (Phi) is 3.49. The van der Waals surface area contributed by atoms with Gasteiger partial charge >= 0.3 is 0 Å². The second-order valence-electron chi connectivity index (χ2n) is 6.72. The first-order valence-corrected chi connectivity index (χ1v) is 8.76. The highest BCUT2D eigenvalue weighted by Gasteiger charge is 2.41. The van der Waals surface area contributed by atoms with E-state index in [-0.39, 0.29) is 29.6 Å². The number of carbonyl (C=O) groups excluding carboxylic acids is 2. The fourth-order valence-corrected chi connectivity index (χ4v) is 3.76. The van der Waals surface area contributed by atoms with Gasteiger partial charge in [0.05, 0.1) is 17.6 Å². The number of hydrogen-bond acceptors (Lipinski definition) is 5. The Balaban J connectivity index is 1.31. The van der Waals surface area contributed by atoms with Crippen molar-refractivity contribution in [3.8, 4) is 11.5 Å². The van der Waals surface area contributed by atoms with Gasteiger partial charge in [0.15, 0.2) is 11.5 Å². The zero-order valence-corrected chi connectivity index (χ0v) is 14.3. The van der Waals surface area contributed by atoms with Crippen molar-refractivity contribution in [2.24, 2.45) is 0 Å². The molecule has 2 aliphatic rings. The molecule has 1 saturated heterocycles. The van der Waals surface area contributed by atoms with Crippen molar-refractivity contribution in [2.75, 3.05) is 16.8 Å². The van der Waals surface area contributed by atoms with Gasteiger partial charge < -0.3 is 20.0 Å². The van der Waals surface area contributed by atoms with E-state index in [1.165, 1.54) is 0 Å². The van der Waals surface area contributed by atoms with Crippen molar-refractivity contribution >= 4 is 23.2 Å². The van der Waals surface area contributed by atoms with Crippen LogP contribution in [0.2, 0.25) is 0 Å². The molecule has 0 bridgehead atoms. The monoisotopic (exact) mass is 363 g/mol. The Bertz CT molecular complexity index is 1010. The van der Waals surface area contributed by atoms with Crippen molar-refractivity contribution < 1.29 is 14.0 Å². The van der Waals surface area contributed by atoms with Gasteiger partial charge in [0.25, 0.3) is 5.91 Å². The van der Waals surface area contributed by atoms with Crippen LogP contribution in [0.4, 0.5) is 11.4 Å². The molecular formula is C19H17N5O3. The highest BCUT2D eigenvalue weighted by Crippen LogP contribution is 2.36. The first-order valence-electron chi connectivity index (χ1n) is 8.76. The van der Waals surface area contributed by atoms with Crippen LogP contribution in [0.15, 0.2) is 53.1 Å². The number of fused-ring (bicyclic) bond motifs is 3. The van der Waals surface area contributed by atoms with Crippen LogP contribution in [0.1, 0.15) is 16.9 Å². The number of anilines is 2. The van der Waals surface area contributed by atoms with Crippen molar-refractivity contribution in [3.63, 3.8) is 0 Å². The van der Waals surface area contributed by atoms with E-state index in [0.29, 0.717) is 24.4 Å². The van der Waals surface area contributed by atoms with Crippen molar-refractivity contribution in [1.29, 1.82) is 0 Å². The summed E-state index contributed by atoms with van der Waals surface area (Å²) in [5.41, 5.74) is 2.72. The van der Waals surface area contributed by atoms with Crippen LogP contribution in [-0.4, -0.2) is 40.6 Å². The summed E-state index contributed by atoms with van der Waals surface area (Å²) in [7, 11) is 0. The van der Waals surface area contributed by atoms with Gasteiger partial charge in [0, 0.05) is 18.7 Å². The summed E-state index contributed by atoms with van der Waals surface area (Å²) in [5, 5.41) is 12.8. The number of nitrogens with zero attached hydrogens (tertiary/aromatic N) is 2. The first-order chi connectivity index (χ1) is 13.2. The number of nitrogens with one attached hydrogen (secondary N) is 3. The molecular weight excluding hydrogens is 346 g/mol. The second-order valence-corrected chi connectivity index (χ2v) is 6.72. The molecule has 0 saturated carbocycles. The van der Waals surface area contributed by atoms with E-state index in [9.17, 15) is 9.59 Å². The van der Waals surface area contributed by atoms with E-state index in [1.807, 2.05) is 24.3 Å². The van der Waals surface area contributed by atoms with Gasteiger partial charge in [0.2, 0.25) is 5.91 Å². The number of amides is 2. The molecule has 8 nitrogen and oxygen atoms in total. The number of rotatable bonds is 3. The van der Waals surface area contributed by atoms with E-state index >= 15 is 0 Å². The summed E-state index contributed by atoms with van der Waals surface area (Å²) < 4.78 is 5.30. The lowest BCUT2D eigenvalue weighted by atomic mass is 10.1. The summed E-state index contributed by atoms with van der Waals surface area (Å²) >= 11 is 0. The maximum atomic E-state index is 12.6. The molecule has 3 aromatic rings. The lowest BCUT2D eigenvalue weighted by Gasteiger charge is -2.32. The molecule has 1 aromatic carbocycles.